The van der Waals surface area contributed by atoms with Crippen LogP contribution in [0.25, 0.3) is 17.2 Å². The molecule has 1 N–H and O–H groups in total. The van der Waals surface area contributed by atoms with Crippen molar-refractivity contribution in [2.45, 2.75) is 4.90 Å². The number of rotatable bonds is 5. The van der Waals surface area contributed by atoms with E-state index in [1.807, 2.05) is 13.2 Å². The van der Waals surface area contributed by atoms with Gasteiger partial charge in [0.2, 0.25) is 0 Å². The molecule has 3 rings (SSSR count). The second-order valence-electron chi connectivity index (χ2n) is 5.38. The Labute approximate surface area is 144 Å². The summed E-state index contributed by atoms with van der Waals surface area (Å²) in [6.45, 7) is 0. The molecule has 0 bridgehead atoms. The molecule has 0 saturated carbocycles. The summed E-state index contributed by atoms with van der Waals surface area (Å²) in [5, 5.41) is 12.7. The molecule has 3 aromatic rings. The summed E-state index contributed by atoms with van der Waals surface area (Å²) < 4.78 is 28.0. The van der Waals surface area contributed by atoms with Gasteiger partial charge in [-0.05, 0) is 35.4 Å². The van der Waals surface area contributed by atoms with Gasteiger partial charge in [-0.25, -0.2) is 17.2 Å². The number of carboxylic acid groups (broad SMARTS) is 1. The number of hydrogen-bond donors (Lipinski definition) is 1. The minimum absolute atomic E-state index is 0.143. The largest absolute Gasteiger partial charge is 0.478 e. The Morgan fingerprint density at radius 3 is 2.44 bits per heavy atom. The van der Waals surface area contributed by atoms with Crippen LogP contribution in [0.15, 0.2) is 66.1 Å². The second kappa shape index (κ2) is 6.40. The van der Waals surface area contributed by atoms with Crippen molar-refractivity contribution in [2.75, 3.05) is 0 Å². The van der Waals surface area contributed by atoms with Crippen molar-refractivity contribution in [3.63, 3.8) is 0 Å². The first-order chi connectivity index (χ1) is 11.9. The van der Waals surface area contributed by atoms with E-state index in [0.717, 1.165) is 21.2 Å². The third kappa shape index (κ3) is 3.53. The van der Waals surface area contributed by atoms with Gasteiger partial charge in [0.25, 0.3) is 10.0 Å². The predicted octanol–water partition coefficient (Wildman–Crippen LogP) is 2.22. The molecule has 0 aliphatic rings. The number of benzene rings is 1. The lowest BCUT2D eigenvalue weighted by molar-refractivity contribution is -0.131. The van der Waals surface area contributed by atoms with Gasteiger partial charge in [0, 0.05) is 37.3 Å². The Hall–Kier alpha value is -3.13. The maximum absolute atomic E-state index is 12.6. The van der Waals surface area contributed by atoms with Crippen LogP contribution >= 0.6 is 0 Å². The van der Waals surface area contributed by atoms with E-state index < -0.39 is 16.0 Å². The quantitative estimate of drug-likeness (QED) is 0.707. The van der Waals surface area contributed by atoms with Crippen molar-refractivity contribution >= 4 is 22.1 Å². The molecule has 0 aliphatic carbocycles. The van der Waals surface area contributed by atoms with Gasteiger partial charge in [-0.3, -0.25) is 4.68 Å². The molecule has 0 amide bonds. The molecule has 2 heterocycles. The summed E-state index contributed by atoms with van der Waals surface area (Å²) in [7, 11) is -1.93. The van der Waals surface area contributed by atoms with Crippen LogP contribution in [0.5, 0.6) is 0 Å². The first-order valence-electron chi connectivity index (χ1n) is 7.30. The molecule has 1 aromatic carbocycles. The van der Waals surface area contributed by atoms with Crippen LogP contribution in [0.4, 0.5) is 0 Å². The fourth-order valence-electron chi connectivity index (χ4n) is 2.32. The Morgan fingerprint density at radius 1 is 1.12 bits per heavy atom. The van der Waals surface area contributed by atoms with E-state index in [9.17, 15) is 13.2 Å². The number of hydrogen-bond acceptors (Lipinski definition) is 4. The van der Waals surface area contributed by atoms with Crippen LogP contribution in [0.1, 0.15) is 5.56 Å². The van der Waals surface area contributed by atoms with Crippen molar-refractivity contribution in [2.24, 2.45) is 7.05 Å². The van der Waals surface area contributed by atoms with E-state index in [0.29, 0.717) is 5.56 Å². The van der Waals surface area contributed by atoms with Gasteiger partial charge < -0.3 is 5.11 Å². The lowest BCUT2D eigenvalue weighted by atomic mass is 10.1. The smallest absolute Gasteiger partial charge is 0.328 e. The zero-order chi connectivity index (χ0) is 18.0. The van der Waals surface area contributed by atoms with Crippen LogP contribution in [0, 0.1) is 0 Å². The van der Waals surface area contributed by atoms with Gasteiger partial charge in [0.15, 0.2) is 0 Å². The molecule has 2 aromatic heterocycles. The number of aromatic nitrogens is 3. The molecule has 0 aliphatic heterocycles. The lowest BCUT2D eigenvalue weighted by Gasteiger charge is -2.06. The number of nitrogens with zero attached hydrogens (tertiary/aromatic N) is 3. The highest BCUT2D eigenvalue weighted by atomic mass is 32.2. The molecule has 128 valence electrons. The summed E-state index contributed by atoms with van der Waals surface area (Å²) in [4.78, 5) is 10.7. The molecule has 7 nitrogen and oxygen atoms in total. The number of carbonyl (C=O) groups is 1. The van der Waals surface area contributed by atoms with Crippen LogP contribution in [-0.2, 0) is 21.9 Å². The maximum Gasteiger partial charge on any atom is 0.328 e. The second-order valence-corrected chi connectivity index (χ2v) is 7.22. The molecular formula is C17H15N3O4S. The first kappa shape index (κ1) is 16.7. The van der Waals surface area contributed by atoms with E-state index in [2.05, 4.69) is 5.10 Å². The molecule has 25 heavy (non-hydrogen) atoms. The van der Waals surface area contributed by atoms with Crippen LogP contribution in [0.3, 0.4) is 0 Å². The van der Waals surface area contributed by atoms with E-state index in [1.54, 1.807) is 23.0 Å². The van der Waals surface area contributed by atoms with E-state index in [-0.39, 0.29) is 4.90 Å². The van der Waals surface area contributed by atoms with Crippen molar-refractivity contribution in [3.8, 4) is 11.1 Å². The van der Waals surface area contributed by atoms with Gasteiger partial charge in [0.05, 0.1) is 11.1 Å². The maximum atomic E-state index is 12.6. The summed E-state index contributed by atoms with van der Waals surface area (Å²) in [6.07, 6.45) is 8.58. The van der Waals surface area contributed by atoms with E-state index in [1.165, 1.54) is 36.7 Å². The lowest BCUT2D eigenvalue weighted by Crippen LogP contribution is -2.10. The fourth-order valence-corrected chi connectivity index (χ4v) is 3.52. The molecule has 0 saturated heterocycles. The Kier molecular flexibility index (Phi) is 4.28. The third-order valence-corrected chi connectivity index (χ3v) is 5.23. The standard InChI is InChI=1S/C17H15N3O4S/c1-19-12-15(10-18-19)14-3-5-16(6-4-14)25(23,24)20-9-8-13(11-20)2-7-17(21)22/h2-12H,1H3,(H,21,22)/b7-2+. The van der Waals surface area contributed by atoms with E-state index in [4.69, 9.17) is 5.11 Å². The van der Waals surface area contributed by atoms with Crippen molar-refractivity contribution < 1.29 is 18.3 Å². The zero-order valence-corrected chi connectivity index (χ0v) is 14.1. The Balaban J connectivity index is 1.88. The fraction of sp³-hybridized carbons (Fsp3) is 0.0588. The number of aliphatic carboxylic acids is 1. The monoisotopic (exact) mass is 357 g/mol. The number of carboxylic acids is 1. The summed E-state index contributed by atoms with van der Waals surface area (Å²) in [6, 6.07) is 8.03. The highest BCUT2D eigenvalue weighted by Crippen LogP contribution is 2.22. The summed E-state index contributed by atoms with van der Waals surface area (Å²) >= 11 is 0. The van der Waals surface area contributed by atoms with Gasteiger partial charge in [-0.2, -0.15) is 5.10 Å². The predicted molar refractivity (Wildman–Crippen MR) is 92.3 cm³/mol. The molecule has 0 fully saturated rings. The van der Waals surface area contributed by atoms with E-state index >= 15 is 0 Å². The molecule has 0 atom stereocenters. The van der Waals surface area contributed by atoms with Crippen LogP contribution in [-0.4, -0.2) is 33.2 Å². The van der Waals surface area contributed by atoms with Crippen LogP contribution < -0.4 is 0 Å². The zero-order valence-electron chi connectivity index (χ0n) is 13.3. The van der Waals surface area contributed by atoms with Crippen molar-refractivity contribution in [1.29, 1.82) is 0 Å². The number of aryl methyl sites for hydroxylation is 1. The topological polar surface area (TPSA) is 94.2 Å². The molecule has 0 radical (unpaired) electrons. The minimum Gasteiger partial charge on any atom is -0.478 e. The van der Waals surface area contributed by atoms with Gasteiger partial charge in [0.1, 0.15) is 0 Å². The normalized spacial score (nSPS) is 11.9. The van der Waals surface area contributed by atoms with Crippen molar-refractivity contribution in [1.82, 2.24) is 13.8 Å². The van der Waals surface area contributed by atoms with Gasteiger partial charge in [-0.15, -0.1) is 0 Å². The summed E-state index contributed by atoms with van der Waals surface area (Å²) in [5.41, 5.74) is 2.25. The average molecular weight is 357 g/mol. The Bertz CT molecular complexity index is 1040. The molecule has 8 heteroatoms. The summed E-state index contributed by atoms with van der Waals surface area (Å²) in [5.74, 6) is -1.10. The van der Waals surface area contributed by atoms with Gasteiger partial charge >= 0.3 is 5.97 Å². The highest BCUT2D eigenvalue weighted by Gasteiger charge is 2.16. The SMILES string of the molecule is Cn1cc(-c2ccc(S(=O)(=O)n3ccc(/C=C/C(=O)O)c3)cc2)cn1. The minimum atomic E-state index is -3.74. The average Bonchev–Trinajstić information content (AvgIpc) is 3.22. The van der Waals surface area contributed by atoms with Crippen LogP contribution in [0.2, 0.25) is 0 Å². The van der Waals surface area contributed by atoms with Crippen molar-refractivity contribution in [3.05, 3.63) is 66.8 Å². The third-order valence-electron chi connectivity index (χ3n) is 3.58. The van der Waals surface area contributed by atoms with Gasteiger partial charge in [-0.1, -0.05) is 12.1 Å². The molecular weight excluding hydrogens is 342 g/mol. The first-order valence-corrected chi connectivity index (χ1v) is 8.74. The highest BCUT2D eigenvalue weighted by molar-refractivity contribution is 7.90. The molecule has 0 spiro atoms. The molecule has 0 unspecified atom stereocenters. The Morgan fingerprint density at radius 2 is 1.84 bits per heavy atom.